The molecule has 15 heavy (non-hydrogen) atoms. The summed E-state index contributed by atoms with van der Waals surface area (Å²) in [7, 11) is 1.86. The molecule has 78 valence electrons. The monoisotopic (exact) mass is 220 g/mol. The standard InChI is InChI=1S/C10H12N4S/c1-12-8(6-13-11)10-14-7-4-2-3-5-9(7)15-10/h2-6,8,12H,11H2,1H3. The van der Waals surface area contributed by atoms with E-state index in [1.165, 1.54) is 4.70 Å². The lowest BCUT2D eigenvalue weighted by atomic mass is 10.3. The highest BCUT2D eigenvalue weighted by Crippen LogP contribution is 2.25. The Kier molecular flexibility index (Phi) is 2.94. The van der Waals surface area contributed by atoms with Crippen LogP contribution < -0.4 is 11.2 Å². The highest BCUT2D eigenvalue weighted by molar-refractivity contribution is 7.18. The molecule has 5 heteroatoms. The average Bonchev–Trinajstić information content (AvgIpc) is 2.69. The highest BCUT2D eigenvalue weighted by Gasteiger charge is 2.11. The molecular formula is C10H12N4S. The number of nitrogens with one attached hydrogen (secondary N) is 1. The molecule has 0 radical (unpaired) electrons. The SMILES string of the molecule is CNC(C=NN)c1nc2ccccc2s1. The van der Waals surface area contributed by atoms with Crippen LogP contribution in [0.5, 0.6) is 0 Å². The summed E-state index contributed by atoms with van der Waals surface area (Å²) < 4.78 is 1.18. The maximum atomic E-state index is 5.14. The van der Waals surface area contributed by atoms with Crippen molar-refractivity contribution in [2.75, 3.05) is 7.05 Å². The summed E-state index contributed by atoms with van der Waals surface area (Å²) in [4.78, 5) is 4.51. The van der Waals surface area contributed by atoms with E-state index < -0.39 is 0 Å². The summed E-state index contributed by atoms with van der Waals surface area (Å²) in [5, 5.41) is 7.61. The first-order valence-corrected chi connectivity index (χ1v) is 5.43. The van der Waals surface area contributed by atoms with E-state index in [0.717, 1.165) is 10.5 Å². The van der Waals surface area contributed by atoms with Crippen LogP contribution in [0.1, 0.15) is 11.0 Å². The van der Waals surface area contributed by atoms with Crippen LogP contribution in [0.4, 0.5) is 0 Å². The third-order valence-corrected chi connectivity index (χ3v) is 3.24. The minimum Gasteiger partial charge on any atom is -0.324 e. The molecule has 1 aromatic carbocycles. The molecule has 3 N–H and O–H groups in total. The third kappa shape index (κ3) is 1.98. The van der Waals surface area contributed by atoms with Crippen LogP contribution in [-0.4, -0.2) is 18.2 Å². The summed E-state index contributed by atoms with van der Waals surface area (Å²) >= 11 is 1.65. The molecule has 2 aromatic rings. The Labute approximate surface area is 91.8 Å². The molecule has 1 unspecified atom stereocenters. The Hall–Kier alpha value is -1.46. The van der Waals surface area contributed by atoms with Crippen molar-refractivity contribution >= 4 is 27.8 Å². The average molecular weight is 220 g/mol. The van der Waals surface area contributed by atoms with E-state index in [0.29, 0.717) is 0 Å². The van der Waals surface area contributed by atoms with Crippen LogP contribution >= 0.6 is 11.3 Å². The van der Waals surface area contributed by atoms with Crippen molar-refractivity contribution in [3.63, 3.8) is 0 Å². The number of para-hydroxylation sites is 1. The van der Waals surface area contributed by atoms with Crippen LogP contribution in [0, 0.1) is 0 Å². The second kappa shape index (κ2) is 4.37. The van der Waals surface area contributed by atoms with E-state index in [9.17, 15) is 0 Å². The van der Waals surface area contributed by atoms with Gasteiger partial charge < -0.3 is 11.2 Å². The quantitative estimate of drug-likeness (QED) is 0.468. The van der Waals surface area contributed by atoms with Gasteiger partial charge in [-0.1, -0.05) is 12.1 Å². The van der Waals surface area contributed by atoms with Crippen molar-refractivity contribution in [1.29, 1.82) is 0 Å². The molecule has 0 amide bonds. The lowest BCUT2D eigenvalue weighted by Gasteiger charge is -2.04. The maximum absolute atomic E-state index is 5.14. The van der Waals surface area contributed by atoms with Crippen molar-refractivity contribution < 1.29 is 0 Å². The van der Waals surface area contributed by atoms with Crippen molar-refractivity contribution in [2.45, 2.75) is 6.04 Å². The Morgan fingerprint density at radius 2 is 2.33 bits per heavy atom. The number of thiazole rings is 1. The Morgan fingerprint density at radius 3 is 3.00 bits per heavy atom. The fourth-order valence-corrected chi connectivity index (χ4v) is 2.41. The van der Waals surface area contributed by atoms with Crippen molar-refractivity contribution in [3.05, 3.63) is 29.3 Å². The first kappa shape index (κ1) is 10.1. The number of hydrogen-bond acceptors (Lipinski definition) is 5. The number of nitrogens with two attached hydrogens (primary N) is 1. The van der Waals surface area contributed by atoms with E-state index in [1.54, 1.807) is 17.6 Å². The molecule has 2 rings (SSSR count). The zero-order valence-electron chi connectivity index (χ0n) is 8.34. The van der Waals surface area contributed by atoms with Crippen LogP contribution in [0.15, 0.2) is 29.4 Å². The summed E-state index contributed by atoms with van der Waals surface area (Å²) in [5.74, 6) is 5.14. The molecule has 0 fully saturated rings. The van der Waals surface area contributed by atoms with Crippen molar-refractivity contribution in [1.82, 2.24) is 10.3 Å². The van der Waals surface area contributed by atoms with Crippen molar-refractivity contribution in [2.24, 2.45) is 10.9 Å². The number of rotatable bonds is 3. The molecule has 1 heterocycles. The van der Waals surface area contributed by atoms with E-state index in [4.69, 9.17) is 5.84 Å². The van der Waals surface area contributed by atoms with Crippen LogP contribution in [0.25, 0.3) is 10.2 Å². The maximum Gasteiger partial charge on any atom is 0.116 e. The van der Waals surface area contributed by atoms with Gasteiger partial charge in [-0.3, -0.25) is 0 Å². The zero-order chi connectivity index (χ0) is 10.7. The molecule has 1 aromatic heterocycles. The third-order valence-electron chi connectivity index (χ3n) is 2.12. The summed E-state index contributed by atoms with van der Waals surface area (Å²) in [5.41, 5.74) is 1.02. The molecule has 0 saturated heterocycles. The predicted octanol–water partition coefficient (Wildman–Crippen LogP) is 1.50. The fraction of sp³-hybridized carbons (Fsp3) is 0.200. The lowest BCUT2D eigenvalue weighted by Crippen LogP contribution is -2.17. The first-order valence-electron chi connectivity index (χ1n) is 4.61. The smallest absolute Gasteiger partial charge is 0.116 e. The largest absolute Gasteiger partial charge is 0.324 e. The second-order valence-corrected chi connectivity index (χ2v) is 4.15. The van der Waals surface area contributed by atoms with E-state index >= 15 is 0 Å². The minimum atomic E-state index is -0.00704. The molecule has 0 bridgehead atoms. The van der Waals surface area contributed by atoms with Gasteiger partial charge in [-0.2, -0.15) is 5.10 Å². The van der Waals surface area contributed by atoms with Gasteiger partial charge in [-0.15, -0.1) is 11.3 Å². The summed E-state index contributed by atoms with van der Waals surface area (Å²) in [6.45, 7) is 0. The first-order chi connectivity index (χ1) is 7.35. The molecule has 0 aliphatic carbocycles. The molecule has 0 aliphatic heterocycles. The Balaban J connectivity index is 2.43. The Bertz CT molecular complexity index is 444. The van der Waals surface area contributed by atoms with Crippen molar-refractivity contribution in [3.8, 4) is 0 Å². The molecule has 0 aliphatic rings. The number of nitrogens with zero attached hydrogens (tertiary/aromatic N) is 2. The minimum absolute atomic E-state index is 0.00704. The number of hydrogen-bond donors (Lipinski definition) is 2. The van der Waals surface area contributed by atoms with Gasteiger partial charge in [-0.25, -0.2) is 4.98 Å². The molecule has 0 saturated carbocycles. The molecular weight excluding hydrogens is 208 g/mol. The topological polar surface area (TPSA) is 63.3 Å². The number of benzene rings is 1. The molecule has 1 atom stereocenters. The van der Waals surface area contributed by atoms with Crippen LogP contribution in [0.3, 0.4) is 0 Å². The second-order valence-electron chi connectivity index (χ2n) is 3.08. The summed E-state index contributed by atoms with van der Waals surface area (Å²) in [6, 6.07) is 8.05. The van der Waals surface area contributed by atoms with Gasteiger partial charge in [0.25, 0.3) is 0 Å². The predicted molar refractivity (Wildman–Crippen MR) is 64.1 cm³/mol. The normalized spacial score (nSPS) is 13.7. The fourth-order valence-electron chi connectivity index (χ4n) is 1.37. The zero-order valence-corrected chi connectivity index (χ0v) is 9.16. The van der Waals surface area contributed by atoms with Gasteiger partial charge in [-0.05, 0) is 19.2 Å². The molecule has 0 spiro atoms. The molecule has 4 nitrogen and oxygen atoms in total. The van der Waals surface area contributed by atoms with Gasteiger partial charge in [0.1, 0.15) is 5.01 Å². The van der Waals surface area contributed by atoms with Crippen LogP contribution in [-0.2, 0) is 0 Å². The number of aromatic nitrogens is 1. The van der Waals surface area contributed by atoms with E-state index in [1.807, 2.05) is 25.2 Å². The Morgan fingerprint density at radius 1 is 1.53 bits per heavy atom. The number of fused-ring (bicyclic) bond motifs is 1. The van der Waals surface area contributed by atoms with Crippen LogP contribution in [0.2, 0.25) is 0 Å². The summed E-state index contributed by atoms with van der Waals surface area (Å²) in [6.07, 6.45) is 1.65. The van der Waals surface area contributed by atoms with E-state index in [2.05, 4.69) is 21.5 Å². The highest BCUT2D eigenvalue weighted by atomic mass is 32.1. The number of hydrazone groups is 1. The van der Waals surface area contributed by atoms with Gasteiger partial charge >= 0.3 is 0 Å². The van der Waals surface area contributed by atoms with Gasteiger partial charge in [0, 0.05) is 6.21 Å². The van der Waals surface area contributed by atoms with Gasteiger partial charge in [0.15, 0.2) is 0 Å². The van der Waals surface area contributed by atoms with Gasteiger partial charge in [0.2, 0.25) is 0 Å². The lowest BCUT2D eigenvalue weighted by molar-refractivity contribution is 0.755. The van der Waals surface area contributed by atoms with Gasteiger partial charge in [0.05, 0.1) is 16.3 Å². The van der Waals surface area contributed by atoms with E-state index in [-0.39, 0.29) is 6.04 Å².